The molecule has 1 amide bonds. The molecule has 1 aliphatic rings. The summed E-state index contributed by atoms with van der Waals surface area (Å²) in [6.07, 6.45) is 3.83. The number of amides is 1. The number of nitrogens with zero attached hydrogens (tertiary/aromatic N) is 3. The van der Waals surface area contributed by atoms with Crippen molar-refractivity contribution in [2.24, 2.45) is 0 Å². The second-order valence-corrected chi connectivity index (χ2v) is 5.36. The second-order valence-electron chi connectivity index (χ2n) is 5.36. The first kappa shape index (κ1) is 15.9. The van der Waals surface area contributed by atoms with Crippen molar-refractivity contribution in [1.82, 2.24) is 4.90 Å². The molecule has 1 aliphatic heterocycles. The number of nitro groups is 2. The zero-order valence-corrected chi connectivity index (χ0v) is 12.3. The van der Waals surface area contributed by atoms with Gasteiger partial charge in [0.2, 0.25) is 0 Å². The zero-order valence-electron chi connectivity index (χ0n) is 12.3. The Morgan fingerprint density at radius 1 is 1.00 bits per heavy atom. The maximum Gasteiger partial charge on any atom is 0.279 e. The van der Waals surface area contributed by atoms with Crippen LogP contribution in [0.1, 0.15) is 41.6 Å². The summed E-state index contributed by atoms with van der Waals surface area (Å²) >= 11 is 0. The monoisotopic (exact) mass is 307 g/mol. The Kier molecular flexibility index (Phi) is 4.69. The van der Waals surface area contributed by atoms with Gasteiger partial charge in [-0.15, -0.1) is 0 Å². The minimum Gasteiger partial charge on any atom is -0.339 e. The van der Waals surface area contributed by atoms with E-state index >= 15 is 0 Å². The molecule has 2 rings (SSSR count). The van der Waals surface area contributed by atoms with Crippen LogP contribution in [0.5, 0.6) is 0 Å². The first-order valence-corrected chi connectivity index (χ1v) is 7.14. The molecule has 1 aromatic carbocycles. The number of carbonyl (C=O) groups excluding carboxylic acids is 1. The van der Waals surface area contributed by atoms with Gasteiger partial charge >= 0.3 is 0 Å². The van der Waals surface area contributed by atoms with Gasteiger partial charge in [-0.1, -0.05) is 12.8 Å². The van der Waals surface area contributed by atoms with E-state index in [9.17, 15) is 25.0 Å². The summed E-state index contributed by atoms with van der Waals surface area (Å²) in [4.78, 5) is 34.8. The summed E-state index contributed by atoms with van der Waals surface area (Å²) in [5.41, 5.74) is -0.826. The van der Waals surface area contributed by atoms with Gasteiger partial charge in [0.1, 0.15) is 5.56 Å². The molecule has 0 saturated carbocycles. The van der Waals surface area contributed by atoms with Gasteiger partial charge in [0, 0.05) is 25.2 Å². The number of benzene rings is 1. The lowest BCUT2D eigenvalue weighted by molar-refractivity contribution is -0.395. The zero-order chi connectivity index (χ0) is 16.3. The Morgan fingerprint density at radius 3 is 1.86 bits per heavy atom. The predicted octanol–water partition coefficient (Wildman–Crippen LogP) is 2.83. The molecule has 1 aromatic rings. The van der Waals surface area contributed by atoms with E-state index in [0.717, 1.165) is 37.8 Å². The van der Waals surface area contributed by atoms with E-state index in [-0.39, 0.29) is 17.0 Å². The molecule has 0 aliphatic carbocycles. The number of likely N-dealkylation sites (tertiary alicyclic amines) is 1. The molecule has 0 bridgehead atoms. The molecule has 0 unspecified atom stereocenters. The minimum atomic E-state index is -0.693. The average molecular weight is 307 g/mol. The molecule has 8 nitrogen and oxygen atoms in total. The highest BCUT2D eigenvalue weighted by molar-refractivity contribution is 5.96. The first-order valence-electron chi connectivity index (χ1n) is 7.14. The van der Waals surface area contributed by atoms with Gasteiger partial charge in [-0.3, -0.25) is 25.0 Å². The largest absolute Gasteiger partial charge is 0.339 e. The fraction of sp³-hybridized carbons (Fsp3) is 0.500. The molecule has 0 N–H and O–H groups in total. The van der Waals surface area contributed by atoms with E-state index in [4.69, 9.17) is 0 Å². The van der Waals surface area contributed by atoms with Crippen LogP contribution in [0, 0.1) is 27.2 Å². The van der Waals surface area contributed by atoms with Gasteiger partial charge in [-0.2, -0.15) is 0 Å². The van der Waals surface area contributed by atoms with E-state index in [1.807, 2.05) is 0 Å². The fourth-order valence-electron chi connectivity index (χ4n) is 2.64. The molecule has 118 valence electrons. The highest BCUT2D eigenvalue weighted by atomic mass is 16.6. The van der Waals surface area contributed by atoms with Crippen LogP contribution in [0.3, 0.4) is 0 Å². The van der Waals surface area contributed by atoms with Crippen LogP contribution in [-0.2, 0) is 0 Å². The molecule has 0 spiro atoms. The predicted molar refractivity (Wildman–Crippen MR) is 78.9 cm³/mol. The average Bonchev–Trinajstić information content (AvgIpc) is 2.75. The molecule has 1 saturated heterocycles. The molecule has 1 fully saturated rings. The van der Waals surface area contributed by atoms with Crippen LogP contribution in [0.4, 0.5) is 11.4 Å². The van der Waals surface area contributed by atoms with Gasteiger partial charge in [0.05, 0.1) is 15.4 Å². The van der Waals surface area contributed by atoms with Crippen molar-refractivity contribution >= 4 is 17.3 Å². The van der Waals surface area contributed by atoms with E-state index < -0.39 is 21.2 Å². The molecular formula is C14H17N3O5. The summed E-state index contributed by atoms with van der Waals surface area (Å²) in [6.45, 7) is 2.47. The lowest BCUT2D eigenvalue weighted by Gasteiger charge is -2.20. The van der Waals surface area contributed by atoms with E-state index in [1.54, 1.807) is 4.90 Å². The third kappa shape index (κ3) is 3.21. The Balaban J connectivity index is 2.43. The van der Waals surface area contributed by atoms with E-state index in [2.05, 4.69) is 0 Å². The number of hydrogen-bond donors (Lipinski definition) is 0. The van der Waals surface area contributed by atoms with Gasteiger partial charge < -0.3 is 4.90 Å². The van der Waals surface area contributed by atoms with Crippen LogP contribution < -0.4 is 0 Å². The number of nitro benzene ring substituents is 2. The number of carbonyl (C=O) groups is 1. The molecule has 8 heteroatoms. The van der Waals surface area contributed by atoms with Crippen molar-refractivity contribution in [2.75, 3.05) is 13.1 Å². The topological polar surface area (TPSA) is 107 Å². The van der Waals surface area contributed by atoms with Crippen molar-refractivity contribution in [1.29, 1.82) is 0 Å². The molecular weight excluding hydrogens is 290 g/mol. The van der Waals surface area contributed by atoms with Crippen molar-refractivity contribution in [3.05, 3.63) is 43.5 Å². The Bertz CT molecular complexity index is 586. The highest BCUT2D eigenvalue weighted by Gasteiger charge is 2.27. The lowest BCUT2D eigenvalue weighted by atomic mass is 10.1. The Morgan fingerprint density at radius 2 is 1.45 bits per heavy atom. The maximum atomic E-state index is 12.5. The maximum absolute atomic E-state index is 12.5. The van der Waals surface area contributed by atoms with Crippen LogP contribution in [-0.4, -0.2) is 33.7 Å². The third-order valence-corrected chi connectivity index (χ3v) is 3.89. The van der Waals surface area contributed by atoms with Crippen LogP contribution in [0.2, 0.25) is 0 Å². The second kappa shape index (κ2) is 6.50. The van der Waals surface area contributed by atoms with Crippen LogP contribution in [0.15, 0.2) is 12.1 Å². The van der Waals surface area contributed by atoms with Gasteiger partial charge in [-0.25, -0.2) is 0 Å². The van der Waals surface area contributed by atoms with Crippen LogP contribution >= 0.6 is 0 Å². The fourth-order valence-corrected chi connectivity index (χ4v) is 2.64. The third-order valence-electron chi connectivity index (χ3n) is 3.89. The molecule has 22 heavy (non-hydrogen) atoms. The SMILES string of the molecule is Cc1c([N+](=O)[O-])cc(C(=O)N2CCCCCC2)cc1[N+](=O)[O-]. The Labute approximate surface area is 127 Å². The van der Waals surface area contributed by atoms with Gasteiger partial charge in [-0.05, 0) is 19.8 Å². The normalized spacial score (nSPS) is 15.2. The Hall–Kier alpha value is -2.51. The molecule has 0 radical (unpaired) electrons. The lowest BCUT2D eigenvalue weighted by Crippen LogP contribution is -2.31. The first-order chi connectivity index (χ1) is 10.4. The van der Waals surface area contributed by atoms with Crippen molar-refractivity contribution in [3.63, 3.8) is 0 Å². The highest BCUT2D eigenvalue weighted by Crippen LogP contribution is 2.30. The van der Waals surface area contributed by atoms with Crippen molar-refractivity contribution < 1.29 is 14.6 Å². The minimum absolute atomic E-state index is 0.00546. The smallest absolute Gasteiger partial charge is 0.279 e. The number of hydrogen-bond acceptors (Lipinski definition) is 5. The summed E-state index contributed by atoms with van der Waals surface area (Å²) in [7, 11) is 0. The molecule has 0 aromatic heterocycles. The van der Waals surface area contributed by atoms with Crippen molar-refractivity contribution in [3.8, 4) is 0 Å². The summed E-state index contributed by atoms with van der Waals surface area (Å²) in [5.74, 6) is -0.381. The summed E-state index contributed by atoms with van der Waals surface area (Å²) in [6, 6.07) is 2.27. The molecule has 0 atom stereocenters. The van der Waals surface area contributed by atoms with Crippen LogP contribution in [0.25, 0.3) is 0 Å². The van der Waals surface area contributed by atoms with Gasteiger partial charge in [0.15, 0.2) is 0 Å². The number of rotatable bonds is 3. The quantitative estimate of drug-likeness (QED) is 0.630. The van der Waals surface area contributed by atoms with E-state index in [0.29, 0.717) is 13.1 Å². The van der Waals surface area contributed by atoms with E-state index in [1.165, 1.54) is 6.92 Å². The standard InChI is InChI=1S/C14H17N3O5/c1-10-12(16(19)20)8-11(9-13(10)17(21)22)14(18)15-6-4-2-3-5-7-15/h8-9H,2-7H2,1H3. The van der Waals surface area contributed by atoms with Gasteiger partial charge in [0.25, 0.3) is 17.3 Å². The summed E-state index contributed by atoms with van der Waals surface area (Å²) in [5, 5.41) is 22.1. The molecule has 1 heterocycles. The summed E-state index contributed by atoms with van der Waals surface area (Å²) < 4.78 is 0. The van der Waals surface area contributed by atoms with Crippen molar-refractivity contribution in [2.45, 2.75) is 32.6 Å².